The van der Waals surface area contributed by atoms with Gasteiger partial charge in [0.25, 0.3) is 0 Å². The molecule has 110 valence electrons. The van der Waals surface area contributed by atoms with Gasteiger partial charge in [-0.05, 0) is 37.9 Å². The van der Waals surface area contributed by atoms with Gasteiger partial charge in [0.15, 0.2) is 0 Å². The number of rotatable bonds is 4. The van der Waals surface area contributed by atoms with Gasteiger partial charge < -0.3 is 5.73 Å². The van der Waals surface area contributed by atoms with E-state index >= 15 is 0 Å². The van der Waals surface area contributed by atoms with Crippen LogP contribution in [0.5, 0.6) is 0 Å². The third-order valence-corrected chi connectivity index (χ3v) is 5.81. The maximum Gasteiger partial charge on any atom is 0.242 e. The van der Waals surface area contributed by atoms with Gasteiger partial charge >= 0.3 is 0 Å². The third-order valence-electron chi connectivity index (χ3n) is 4.24. The highest BCUT2D eigenvalue weighted by molar-refractivity contribution is 7.89. The minimum Gasteiger partial charge on any atom is -0.325 e. The lowest BCUT2D eigenvalue weighted by Crippen LogP contribution is -2.42. The number of hydrogen-bond acceptors (Lipinski definition) is 5. The molecular formula is C13H20N4O2S. The summed E-state index contributed by atoms with van der Waals surface area (Å²) >= 11 is 0. The molecule has 2 fully saturated rings. The normalized spacial score (nSPS) is 26.9. The molecule has 2 saturated heterocycles. The Morgan fingerprint density at radius 3 is 3.05 bits per heavy atom. The lowest BCUT2D eigenvalue weighted by atomic mass is 10.1. The van der Waals surface area contributed by atoms with Crippen LogP contribution in [0.1, 0.15) is 25.0 Å². The van der Waals surface area contributed by atoms with Gasteiger partial charge in [0.2, 0.25) is 10.0 Å². The summed E-state index contributed by atoms with van der Waals surface area (Å²) in [5.41, 5.74) is 6.00. The molecule has 0 aliphatic carbocycles. The van der Waals surface area contributed by atoms with Crippen LogP contribution < -0.4 is 10.5 Å². The Balaban J connectivity index is 1.82. The van der Waals surface area contributed by atoms with Gasteiger partial charge in [-0.3, -0.25) is 9.88 Å². The Morgan fingerprint density at radius 2 is 2.25 bits per heavy atom. The molecule has 0 aromatic carbocycles. The summed E-state index contributed by atoms with van der Waals surface area (Å²) in [6.07, 6.45) is 4.67. The van der Waals surface area contributed by atoms with Crippen molar-refractivity contribution < 1.29 is 8.42 Å². The minimum atomic E-state index is -3.54. The Hall–Kier alpha value is -1.02. The molecule has 2 atom stereocenters. The predicted octanol–water partition coefficient (Wildman–Crippen LogP) is 0.0553. The van der Waals surface area contributed by atoms with E-state index in [0.29, 0.717) is 11.7 Å². The SMILES string of the molecule is NCc1ncccc1S(=O)(=O)NC1CCN2CCCC12. The summed E-state index contributed by atoms with van der Waals surface area (Å²) in [5, 5.41) is 0. The maximum atomic E-state index is 12.5. The van der Waals surface area contributed by atoms with E-state index in [-0.39, 0.29) is 17.5 Å². The molecule has 3 N–H and O–H groups in total. The summed E-state index contributed by atoms with van der Waals surface area (Å²) in [7, 11) is -3.54. The molecule has 0 spiro atoms. The topological polar surface area (TPSA) is 88.3 Å². The summed E-state index contributed by atoms with van der Waals surface area (Å²) in [5.74, 6) is 0. The van der Waals surface area contributed by atoms with Crippen LogP contribution >= 0.6 is 0 Å². The van der Waals surface area contributed by atoms with Crippen LogP contribution in [0.25, 0.3) is 0 Å². The van der Waals surface area contributed by atoms with Crippen molar-refractivity contribution in [3.8, 4) is 0 Å². The van der Waals surface area contributed by atoms with Gasteiger partial charge in [-0.25, -0.2) is 13.1 Å². The molecule has 2 aliphatic rings. The van der Waals surface area contributed by atoms with E-state index in [9.17, 15) is 8.42 Å². The molecule has 3 heterocycles. The van der Waals surface area contributed by atoms with Crippen molar-refractivity contribution in [2.45, 2.75) is 42.8 Å². The second-order valence-corrected chi connectivity index (χ2v) is 7.10. The number of sulfonamides is 1. The van der Waals surface area contributed by atoms with Crippen molar-refractivity contribution >= 4 is 10.0 Å². The summed E-state index contributed by atoms with van der Waals surface area (Å²) in [4.78, 5) is 6.63. The first kappa shape index (κ1) is 13.9. The average Bonchev–Trinajstić information content (AvgIpc) is 3.04. The Bertz CT molecular complexity index is 590. The zero-order chi connectivity index (χ0) is 14.2. The van der Waals surface area contributed by atoms with E-state index in [1.54, 1.807) is 18.3 Å². The fourth-order valence-electron chi connectivity index (χ4n) is 3.30. The predicted molar refractivity (Wildman–Crippen MR) is 75.4 cm³/mol. The van der Waals surface area contributed by atoms with Crippen LogP contribution in [-0.2, 0) is 16.6 Å². The van der Waals surface area contributed by atoms with Crippen molar-refractivity contribution in [2.75, 3.05) is 13.1 Å². The van der Waals surface area contributed by atoms with Crippen molar-refractivity contribution in [1.29, 1.82) is 0 Å². The highest BCUT2D eigenvalue weighted by Gasteiger charge is 2.39. The number of nitrogens with one attached hydrogen (secondary N) is 1. The highest BCUT2D eigenvalue weighted by Crippen LogP contribution is 2.29. The first-order chi connectivity index (χ1) is 9.62. The molecule has 0 saturated carbocycles. The van der Waals surface area contributed by atoms with E-state index in [1.165, 1.54) is 0 Å². The molecule has 20 heavy (non-hydrogen) atoms. The number of aromatic nitrogens is 1. The molecule has 3 rings (SSSR count). The van der Waals surface area contributed by atoms with Gasteiger partial charge in [-0.15, -0.1) is 0 Å². The molecule has 0 amide bonds. The number of nitrogens with two attached hydrogens (primary N) is 1. The Kier molecular flexibility index (Phi) is 3.76. The number of pyridine rings is 1. The van der Waals surface area contributed by atoms with Crippen LogP contribution in [0, 0.1) is 0 Å². The van der Waals surface area contributed by atoms with E-state index in [0.717, 1.165) is 32.4 Å². The zero-order valence-corrected chi connectivity index (χ0v) is 12.1. The van der Waals surface area contributed by atoms with E-state index in [4.69, 9.17) is 5.73 Å². The number of fused-ring (bicyclic) bond motifs is 1. The number of nitrogens with zero attached hydrogens (tertiary/aromatic N) is 2. The largest absolute Gasteiger partial charge is 0.325 e. The van der Waals surface area contributed by atoms with Crippen LogP contribution in [0.15, 0.2) is 23.2 Å². The smallest absolute Gasteiger partial charge is 0.242 e. The van der Waals surface area contributed by atoms with Crippen molar-refractivity contribution in [2.24, 2.45) is 5.73 Å². The molecular weight excluding hydrogens is 276 g/mol. The van der Waals surface area contributed by atoms with E-state index in [1.807, 2.05) is 0 Å². The number of hydrogen-bond donors (Lipinski definition) is 2. The summed E-state index contributed by atoms with van der Waals surface area (Å²) in [6.45, 7) is 2.19. The first-order valence-corrected chi connectivity index (χ1v) is 8.50. The van der Waals surface area contributed by atoms with Gasteiger partial charge in [0, 0.05) is 31.4 Å². The van der Waals surface area contributed by atoms with Gasteiger partial charge in [-0.1, -0.05) is 0 Å². The molecule has 7 heteroatoms. The second kappa shape index (κ2) is 5.40. The Morgan fingerprint density at radius 1 is 1.40 bits per heavy atom. The average molecular weight is 296 g/mol. The fourth-order valence-corrected chi connectivity index (χ4v) is 4.81. The molecule has 2 aliphatic heterocycles. The molecule has 2 unspecified atom stereocenters. The first-order valence-electron chi connectivity index (χ1n) is 7.02. The molecule has 6 nitrogen and oxygen atoms in total. The van der Waals surface area contributed by atoms with Crippen LogP contribution in [0.3, 0.4) is 0 Å². The van der Waals surface area contributed by atoms with Crippen LogP contribution in [0.4, 0.5) is 0 Å². The van der Waals surface area contributed by atoms with Gasteiger partial charge in [0.05, 0.1) is 5.69 Å². The molecule has 0 bridgehead atoms. The third kappa shape index (κ3) is 2.46. The maximum absolute atomic E-state index is 12.5. The van der Waals surface area contributed by atoms with Gasteiger partial charge in [0.1, 0.15) is 4.90 Å². The lowest BCUT2D eigenvalue weighted by molar-refractivity contribution is 0.309. The lowest BCUT2D eigenvalue weighted by Gasteiger charge is -2.21. The molecule has 1 aromatic heterocycles. The van der Waals surface area contributed by atoms with Crippen LogP contribution in [0.2, 0.25) is 0 Å². The monoisotopic (exact) mass is 296 g/mol. The van der Waals surface area contributed by atoms with Gasteiger partial charge in [-0.2, -0.15) is 0 Å². The highest BCUT2D eigenvalue weighted by atomic mass is 32.2. The van der Waals surface area contributed by atoms with Crippen molar-refractivity contribution in [3.05, 3.63) is 24.0 Å². The zero-order valence-electron chi connectivity index (χ0n) is 11.3. The van der Waals surface area contributed by atoms with E-state index < -0.39 is 10.0 Å². The minimum absolute atomic E-state index is 0.00771. The van der Waals surface area contributed by atoms with E-state index in [2.05, 4.69) is 14.6 Å². The van der Waals surface area contributed by atoms with Crippen LogP contribution in [-0.4, -0.2) is 43.5 Å². The molecule has 0 radical (unpaired) electrons. The quantitative estimate of drug-likeness (QED) is 0.820. The standard InChI is InChI=1S/C13H20N4O2S/c14-9-11-13(4-1-6-15-11)20(18,19)16-10-5-8-17-7-2-3-12(10)17/h1,4,6,10,12,16H,2-3,5,7-9,14H2. The Labute approximate surface area is 119 Å². The second-order valence-electron chi connectivity index (χ2n) is 5.41. The van der Waals surface area contributed by atoms with Crippen molar-refractivity contribution in [1.82, 2.24) is 14.6 Å². The summed E-state index contributed by atoms with van der Waals surface area (Å²) < 4.78 is 27.9. The summed E-state index contributed by atoms with van der Waals surface area (Å²) in [6, 6.07) is 3.56. The fraction of sp³-hybridized carbons (Fsp3) is 0.615. The molecule has 1 aromatic rings. The van der Waals surface area contributed by atoms with Crippen molar-refractivity contribution in [3.63, 3.8) is 0 Å².